The Morgan fingerprint density at radius 3 is 2.45 bits per heavy atom. The van der Waals surface area contributed by atoms with E-state index in [0.29, 0.717) is 42.1 Å². The number of methoxy groups -OCH3 is 1. The van der Waals surface area contributed by atoms with Crippen molar-refractivity contribution >= 4 is 36.4 Å². The maximum atomic E-state index is 13.2. The van der Waals surface area contributed by atoms with Crippen molar-refractivity contribution in [3.63, 3.8) is 0 Å². The number of imide groups is 1. The first-order valence-corrected chi connectivity index (χ1v) is 13.5. The summed E-state index contributed by atoms with van der Waals surface area (Å²) < 4.78 is 10.6. The first-order valence-electron chi connectivity index (χ1n) is 13.5. The second kappa shape index (κ2) is 12.0. The Balaban J connectivity index is 1.41. The van der Waals surface area contributed by atoms with Crippen LogP contribution >= 0.6 is 0 Å². The fourth-order valence-electron chi connectivity index (χ4n) is 5.72. The zero-order chi connectivity index (χ0) is 27.3. The van der Waals surface area contributed by atoms with Crippen LogP contribution in [0.2, 0.25) is 6.32 Å². The molecule has 4 rings (SSSR count). The Morgan fingerprint density at radius 2 is 1.79 bits per heavy atom. The van der Waals surface area contributed by atoms with E-state index in [1.54, 1.807) is 25.3 Å². The predicted octanol–water partition coefficient (Wildman–Crippen LogP) is 4.11. The van der Waals surface area contributed by atoms with Gasteiger partial charge in [0, 0.05) is 24.8 Å². The fraction of sp³-hybridized carbons (Fsp3) is 0.467. The molecule has 1 saturated carbocycles. The van der Waals surface area contributed by atoms with Gasteiger partial charge >= 0.3 is 6.92 Å². The molecule has 0 aromatic heterocycles. The van der Waals surface area contributed by atoms with Crippen molar-refractivity contribution in [1.29, 1.82) is 0 Å². The average Bonchev–Trinajstić information content (AvgIpc) is 2.92. The number of ether oxygens (including phenoxy) is 1. The van der Waals surface area contributed by atoms with Gasteiger partial charge in [-0.1, -0.05) is 62.4 Å². The van der Waals surface area contributed by atoms with Crippen molar-refractivity contribution in [1.82, 2.24) is 4.90 Å². The molecular formula is C30H36BNO6. The van der Waals surface area contributed by atoms with Gasteiger partial charge in [-0.3, -0.25) is 19.3 Å². The van der Waals surface area contributed by atoms with Crippen molar-refractivity contribution in [3.05, 3.63) is 59.2 Å². The fourth-order valence-corrected chi connectivity index (χ4v) is 5.72. The highest BCUT2D eigenvalue weighted by Crippen LogP contribution is 2.36. The molecule has 2 amide bonds. The van der Waals surface area contributed by atoms with Gasteiger partial charge in [-0.25, -0.2) is 0 Å². The first-order chi connectivity index (χ1) is 18.2. The molecule has 1 heterocycles. The van der Waals surface area contributed by atoms with Gasteiger partial charge in [-0.2, -0.15) is 0 Å². The van der Waals surface area contributed by atoms with Crippen molar-refractivity contribution in [2.24, 2.45) is 5.92 Å². The third-order valence-electron chi connectivity index (χ3n) is 8.01. The molecule has 0 atom stereocenters. The summed E-state index contributed by atoms with van der Waals surface area (Å²) in [7, 11) is 1.55. The van der Waals surface area contributed by atoms with Crippen LogP contribution in [0.5, 0.6) is 5.75 Å². The van der Waals surface area contributed by atoms with Gasteiger partial charge in [0.25, 0.3) is 12.4 Å². The zero-order valence-corrected chi connectivity index (χ0v) is 22.5. The molecule has 1 aliphatic carbocycles. The van der Waals surface area contributed by atoms with E-state index >= 15 is 0 Å². The second-order valence-electron chi connectivity index (χ2n) is 11.0. The summed E-state index contributed by atoms with van der Waals surface area (Å²) in [6.45, 7) is 3.69. The molecule has 38 heavy (non-hydrogen) atoms. The summed E-state index contributed by atoms with van der Waals surface area (Å²) in [4.78, 5) is 51.6. The smallest absolute Gasteiger partial charge is 0.402 e. The Morgan fingerprint density at radius 1 is 1.08 bits per heavy atom. The standard InChI is InChI=1S/C30H36BNO6/c1-30(2)27-14-13-25(37-3)18-26(27)28(35)32(29(30)36)16-15-21-9-11-23(12-10-21)31(38-20-33)19-24(34)17-22-7-5-4-6-8-22/h9-14,18,20,22H,4-8,15-17,19H2,1-3H3. The van der Waals surface area contributed by atoms with Crippen LogP contribution in [0, 0.1) is 5.92 Å². The van der Waals surface area contributed by atoms with Crippen LogP contribution in [0.3, 0.4) is 0 Å². The van der Waals surface area contributed by atoms with E-state index in [2.05, 4.69) is 0 Å². The monoisotopic (exact) mass is 517 g/mol. The third kappa shape index (κ3) is 6.00. The Kier molecular flexibility index (Phi) is 8.70. The van der Waals surface area contributed by atoms with Gasteiger partial charge in [-0.05, 0) is 54.9 Å². The number of Topliss-reactive ketones (excluding diaryl/α,β-unsaturated/α-hetero) is 1. The van der Waals surface area contributed by atoms with E-state index < -0.39 is 12.3 Å². The Labute approximate surface area is 225 Å². The van der Waals surface area contributed by atoms with E-state index in [-0.39, 0.29) is 30.5 Å². The molecule has 0 bridgehead atoms. The molecule has 2 aromatic carbocycles. The van der Waals surface area contributed by atoms with Crippen LogP contribution in [0.1, 0.15) is 73.9 Å². The lowest BCUT2D eigenvalue weighted by Gasteiger charge is -2.37. The number of carbonyl (C=O) groups excluding carboxylic acids is 4. The van der Waals surface area contributed by atoms with Crippen molar-refractivity contribution in [2.75, 3.05) is 13.7 Å². The maximum Gasteiger partial charge on any atom is 0.402 e. The van der Waals surface area contributed by atoms with E-state index in [9.17, 15) is 19.2 Å². The molecule has 8 heteroatoms. The van der Waals surface area contributed by atoms with E-state index in [4.69, 9.17) is 9.39 Å². The molecule has 2 aliphatic rings. The molecule has 7 nitrogen and oxygen atoms in total. The van der Waals surface area contributed by atoms with Crippen molar-refractivity contribution in [2.45, 2.75) is 70.5 Å². The normalized spacial score (nSPS) is 17.1. The molecule has 0 saturated heterocycles. The molecule has 0 N–H and O–H groups in total. The minimum atomic E-state index is -0.830. The van der Waals surface area contributed by atoms with Crippen LogP contribution in [-0.2, 0) is 30.9 Å². The number of ketones is 1. The molecule has 0 unspecified atom stereocenters. The highest BCUT2D eigenvalue weighted by molar-refractivity contribution is 6.71. The van der Waals surface area contributed by atoms with Crippen LogP contribution in [-0.4, -0.2) is 49.5 Å². The van der Waals surface area contributed by atoms with Crippen LogP contribution in [0.4, 0.5) is 0 Å². The maximum absolute atomic E-state index is 13.2. The SMILES string of the molecule is COc1ccc2c(c1)C(=O)N(CCc1ccc(B(CC(=O)CC3CCCCC3)OC=O)cc1)C(=O)C2(C)C. The van der Waals surface area contributed by atoms with E-state index in [0.717, 1.165) is 23.9 Å². The number of nitrogens with zero attached hydrogens (tertiary/aromatic N) is 1. The summed E-state index contributed by atoms with van der Waals surface area (Å²) >= 11 is 0. The van der Waals surface area contributed by atoms with Gasteiger partial charge < -0.3 is 14.2 Å². The van der Waals surface area contributed by atoms with Gasteiger partial charge in [0.1, 0.15) is 11.5 Å². The van der Waals surface area contributed by atoms with Crippen molar-refractivity contribution < 1.29 is 28.6 Å². The third-order valence-corrected chi connectivity index (χ3v) is 8.01. The quantitative estimate of drug-likeness (QED) is 0.253. The Bertz CT molecular complexity index is 1190. The van der Waals surface area contributed by atoms with E-state index in [1.165, 1.54) is 24.2 Å². The van der Waals surface area contributed by atoms with Crippen LogP contribution in [0.25, 0.3) is 0 Å². The molecule has 1 aliphatic heterocycles. The minimum Gasteiger partial charge on any atom is -0.533 e. The number of amides is 2. The summed E-state index contributed by atoms with van der Waals surface area (Å²) in [6, 6.07) is 12.7. The second-order valence-corrected chi connectivity index (χ2v) is 11.0. The summed E-state index contributed by atoms with van der Waals surface area (Å²) in [5, 5.41) is 0. The lowest BCUT2D eigenvalue weighted by molar-refractivity contribution is -0.134. The van der Waals surface area contributed by atoms with Gasteiger partial charge in [0.05, 0.1) is 12.5 Å². The highest BCUT2D eigenvalue weighted by atomic mass is 16.5. The zero-order valence-electron chi connectivity index (χ0n) is 22.5. The lowest BCUT2D eigenvalue weighted by atomic mass is 9.56. The van der Waals surface area contributed by atoms with E-state index in [1.807, 2.05) is 38.1 Å². The van der Waals surface area contributed by atoms with Gasteiger partial charge in [0.15, 0.2) is 0 Å². The molecular weight excluding hydrogens is 481 g/mol. The minimum absolute atomic E-state index is 0.120. The number of rotatable bonds is 11. The molecule has 1 fully saturated rings. The number of benzene rings is 2. The van der Waals surface area contributed by atoms with Gasteiger partial charge in [-0.15, -0.1) is 0 Å². The molecule has 2 aromatic rings. The van der Waals surface area contributed by atoms with Crippen LogP contribution in [0.15, 0.2) is 42.5 Å². The largest absolute Gasteiger partial charge is 0.533 e. The lowest BCUT2D eigenvalue weighted by Crippen LogP contribution is -2.52. The molecule has 0 radical (unpaired) electrons. The summed E-state index contributed by atoms with van der Waals surface area (Å²) in [6.07, 6.45) is 6.99. The summed E-state index contributed by atoms with van der Waals surface area (Å²) in [5.41, 5.74) is 2.04. The van der Waals surface area contributed by atoms with Gasteiger partial charge in [0.2, 0.25) is 5.91 Å². The predicted molar refractivity (Wildman–Crippen MR) is 146 cm³/mol. The Hall–Kier alpha value is -3.42. The number of hydrogen-bond donors (Lipinski definition) is 0. The highest BCUT2D eigenvalue weighted by Gasteiger charge is 2.44. The first kappa shape index (κ1) is 27.6. The molecule has 0 spiro atoms. The average molecular weight is 517 g/mol. The van der Waals surface area contributed by atoms with Crippen molar-refractivity contribution in [3.8, 4) is 5.75 Å². The van der Waals surface area contributed by atoms with Crippen LogP contribution < -0.4 is 10.2 Å². The molecule has 200 valence electrons. The number of hydrogen-bond acceptors (Lipinski definition) is 6. The number of carbonyl (C=O) groups is 4. The summed E-state index contributed by atoms with van der Waals surface area (Å²) in [5.74, 6) is 0.578. The topological polar surface area (TPSA) is 90.0 Å². The number of fused-ring (bicyclic) bond motifs is 1.